The lowest BCUT2D eigenvalue weighted by molar-refractivity contribution is 0.132. The van der Waals surface area contributed by atoms with Crippen LogP contribution in [-0.2, 0) is 4.43 Å². The van der Waals surface area contributed by atoms with E-state index < -0.39 is 8.32 Å². The zero-order valence-corrected chi connectivity index (χ0v) is 16.8. The maximum Gasteiger partial charge on any atom is 0.256 e. The molecule has 2 atom stereocenters. The molecule has 0 saturated carbocycles. The van der Waals surface area contributed by atoms with Crippen LogP contribution in [0.1, 0.15) is 52.4 Å². The van der Waals surface area contributed by atoms with Gasteiger partial charge in [-0.3, -0.25) is 0 Å². The van der Waals surface area contributed by atoms with Crippen molar-refractivity contribution in [3.63, 3.8) is 0 Å². The maximum absolute atomic E-state index is 7.04. The van der Waals surface area contributed by atoms with Crippen LogP contribution in [0.4, 0.5) is 0 Å². The molecule has 25 heavy (non-hydrogen) atoms. The topological polar surface area (TPSA) is 9.23 Å². The van der Waals surface area contributed by atoms with Crippen LogP contribution < -0.4 is 10.4 Å². The van der Waals surface area contributed by atoms with Gasteiger partial charge in [0, 0.05) is 6.10 Å². The Morgan fingerprint density at radius 3 is 2.04 bits per heavy atom. The Kier molecular flexibility index (Phi) is 6.49. The summed E-state index contributed by atoms with van der Waals surface area (Å²) in [5.74, 6) is 0.733. The molecule has 1 aliphatic heterocycles. The van der Waals surface area contributed by atoms with Crippen molar-refractivity contribution in [2.45, 2.75) is 64.5 Å². The van der Waals surface area contributed by atoms with Gasteiger partial charge in [-0.15, -0.1) is 0 Å². The molecular formula is C23H32OSi. The molecule has 2 aromatic carbocycles. The monoisotopic (exact) mass is 352 g/mol. The minimum atomic E-state index is -2.13. The molecule has 0 amide bonds. The minimum absolute atomic E-state index is 0.424. The largest absolute Gasteiger partial charge is 0.405 e. The smallest absolute Gasteiger partial charge is 0.256 e. The summed E-state index contributed by atoms with van der Waals surface area (Å²) in [5.41, 5.74) is 0. The van der Waals surface area contributed by atoms with Gasteiger partial charge in [0.05, 0.1) is 0 Å². The van der Waals surface area contributed by atoms with Gasteiger partial charge in [0.1, 0.15) is 0 Å². The summed E-state index contributed by atoms with van der Waals surface area (Å²) in [7, 11) is -2.13. The lowest BCUT2D eigenvalue weighted by Gasteiger charge is -2.43. The number of benzene rings is 2. The highest BCUT2D eigenvalue weighted by molar-refractivity contribution is 6.97. The number of unbranched alkanes of at least 4 members (excludes halogenated alkanes) is 3. The van der Waals surface area contributed by atoms with Crippen molar-refractivity contribution in [1.29, 1.82) is 0 Å². The first-order valence-electron chi connectivity index (χ1n) is 10.0. The number of hydrogen-bond acceptors (Lipinski definition) is 1. The van der Waals surface area contributed by atoms with E-state index in [0.29, 0.717) is 6.10 Å². The first-order chi connectivity index (χ1) is 12.2. The highest BCUT2D eigenvalue weighted by atomic mass is 28.4. The van der Waals surface area contributed by atoms with Crippen molar-refractivity contribution in [3.8, 4) is 0 Å². The van der Waals surface area contributed by atoms with E-state index in [1.54, 1.807) is 0 Å². The van der Waals surface area contributed by atoms with Gasteiger partial charge in [0.25, 0.3) is 8.32 Å². The van der Waals surface area contributed by atoms with Crippen molar-refractivity contribution < 1.29 is 4.43 Å². The average Bonchev–Trinajstić information content (AvgIpc) is 2.66. The molecule has 2 aromatic rings. The van der Waals surface area contributed by atoms with E-state index in [2.05, 4.69) is 74.5 Å². The molecule has 2 heteroatoms. The highest BCUT2D eigenvalue weighted by Gasteiger charge is 2.45. The molecule has 0 unspecified atom stereocenters. The Labute approximate surface area is 154 Å². The lowest BCUT2D eigenvalue weighted by atomic mass is 10.0. The number of hydrogen-bond donors (Lipinski definition) is 0. The van der Waals surface area contributed by atoms with E-state index in [9.17, 15) is 0 Å². The zero-order chi connectivity index (χ0) is 17.5. The number of rotatable bonds is 7. The molecule has 1 aliphatic rings. The van der Waals surface area contributed by atoms with E-state index in [4.69, 9.17) is 4.43 Å². The molecule has 1 saturated heterocycles. The third kappa shape index (κ3) is 4.42. The SMILES string of the molecule is CCCCCC[C@H]1C[C@H](C)C[Si](c2ccccc2)(c2ccccc2)O1. The van der Waals surface area contributed by atoms with Crippen LogP contribution in [-0.4, -0.2) is 14.4 Å². The van der Waals surface area contributed by atoms with E-state index in [0.717, 1.165) is 5.92 Å². The van der Waals surface area contributed by atoms with Gasteiger partial charge in [-0.05, 0) is 35.2 Å². The molecule has 134 valence electrons. The Balaban J connectivity index is 1.88. The summed E-state index contributed by atoms with van der Waals surface area (Å²) < 4.78 is 7.04. The molecule has 0 aromatic heterocycles. The van der Waals surface area contributed by atoms with Crippen molar-refractivity contribution in [2.75, 3.05) is 0 Å². The molecule has 0 spiro atoms. The quantitative estimate of drug-likeness (QED) is 0.495. The summed E-state index contributed by atoms with van der Waals surface area (Å²) in [6, 6.07) is 23.3. The second-order valence-corrected chi connectivity index (χ2v) is 11.1. The first kappa shape index (κ1) is 18.4. The third-order valence-electron chi connectivity index (χ3n) is 5.53. The van der Waals surface area contributed by atoms with Gasteiger partial charge < -0.3 is 4.43 Å². The van der Waals surface area contributed by atoms with Crippen LogP contribution >= 0.6 is 0 Å². The van der Waals surface area contributed by atoms with Gasteiger partial charge in [-0.2, -0.15) is 0 Å². The van der Waals surface area contributed by atoms with Crippen molar-refractivity contribution >= 4 is 18.7 Å². The van der Waals surface area contributed by atoms with Crippen LogP contribution in [0.2, 0.25) is 6.04 Å². The van der Waals surface area contributed by atoms with Crippen molar-refractivity contribution in [1.82, 2.24) is 0 Å². The molecule has 1 fully saturated rings. The van der Waals surface area contributed by atoms with E-state index in [-0.39, 0.29) is 0 Å². The summed E-state index contributed by atoms with van der Waals surface area (Å²) in [5, 5.41) is 2.87. The van der Waals surface area contributed by atoms with Crippen LogP contribution in [0.25, 0.3) is 0 Å². The van der Waals surface area contributed by atoms with E-state index in [1.165, 1.54) is 54.9 Å². The Bertz CT molecular complexity index is 586. The van der Waals surface area contributed by atoms with Gasteiger partial charge in [-0.1, -0.05) is 100 Å². The lowest BCUT2D eigenvalue weighted by Crippen LogP contribution is -2.65. The summed E-state index contributed by atoms with van der Waals surface area (Å²) in [4.78, 5) is 0. The van der Waals surface area contributed by atoms with Crippen LogP contribution in [0.3, 0.4) is 0 Å². The van der Waals surface area contributed by atoms with Gasteiger partial charge in [0.15, 0.2) is 0 Å². The molecule has 0 bridgehead atoms. The van der Waals surface area contributed by atoms with E-state index >= 15 is 0 Å². The molecule has 1 heterocycles. The highest BCUT2D eigenvalue weighted by Crippen LogP contribution is 2.32. The minimum Gasteiger partial charge on any atom is -0.405 e. The van der Waals surface area contributed by atoms with Crippen LogP contribution in [0.15, 0.2) is 60.7 Å². The molecular weight excluding hydrogens is 320 g/mol. The zero-order valence-electron chi connectivity index (χ0n) is 15.8. The summed E-state index contributed by atoms with van der Waals surface area (Å²) in [6.07, 6.45) is 8.17. The normalized spacial score (nSPS) is 22.6. The average molecular weight is 353 g/mol. The summed E-state index contributed by atoms with van der Waals surface area (Å²) >= 11 is 0. The van der Waals surface area contributed by atoms with Crippen molar-refractivity contribution in [3.05, 3.63) is 60.7 Å². The predicted octanol–water partition coefficient (Wildman–Crippen LogP) is 5.14. The van der Waals surface area contributed by atoms with Crippen LogP contribution in [0.5, 0.6) is 0 Å². The van der Waals surface area contributed by atoms with Crippen LogP contribution in [0, 0.1) is 5.92 Å². The first-order valence-corrected chi connectivity index (χ1v) is 12.1. The second-order valence-electron chi connectivity index (χ2n) is 7.69. The molecule has 0 aliphatic carbocycles. The fraction of sp³-hybridized carbons (Fsp3) is 0.478. The Morgan fingerprint density at radius 2 is 1.48 bits per heavy atom. The predicted molar refractivity (Wildman–Crippen MR) is 110 cm³/mol. The second kappa shape index (κ2) is 8.82. The molecule has 1 nitrogen and oxygen atoms in total. The summed E-state index contributed by atoms with van der Waals surface area (Å²) in [6.45, 7) is 4.71. The third-order valence-corrected chi connectivity index (χ3v) is 10.1. The molecule has 3 rings (SSSR count). The van der Waals surface area contributed by atoms with Gasteiger partial charge in [-0.25, -0.2) is 0 Å². The standard InChI is InChI=1S/C23H32OSi/c1-3-4-5-8-13-21-18-20(2)19-25(24-21,22-14-9-6-10-15-22)23-16-11-7-12-17-23/h6-7,9-12,14-17,20-21H,3-5,8,13,18-19H2,1-2H3/t20-,21-/m0/s1. The Hall–Kier alpha value is -1.38. The van der Waals surface area contributed by atoms with E-state index in [1.807, 2.05) is 0 Å². The fourth-order valence-electron chi connectivity index (χ4n) is 4.33. The van der Waals surface area contributed by atoms with Gasteiger partial charge >= 0.3 is 0 Å². The Morgan fingerprint density at radius 1 is 0.880 bits per heavy atom. The molecule has 0 radical (unpaired) electrons. The maximum atomic E-state index is 7.04. The fourth-order valence-corrected chi connectivity index (χ4v) is 8.90. The van der Waals surface area contributed by atoms with Gasteiger partial charge in [0.2, 0.25) is 0 Å². The van der Waals surface area contributed by atoms with Crippen molar-refractivity contribution in [2.24, 2.45) is 5.92 Å². The molecule has 0 N–H and O–H groups in total.